The standard InChI is InChI=1S/C14H12N6O2S/c21-20(22)11-12(16-8-10-4-2-1-3-5-10)17-9-18-13(11)19-14-15-6-7-23-14/h1-7,9H,8H2,(H2,15,16,17,18,19). The van der Waals surface area contributed by atoms with Gasteiger partial charge in [0.1, 0.15) is 6.33 Å². The first kappa shape index (κ1) is 14.9. The lowest BCUT2D eigenvalue weighted by Gasteiger charge is -2.08. The highest BCUT2D eigenvalue weighted by molar-refractivity contribution is 7.13. The molecule has 2 heterocycles. The van der Waals surface area contributed by atoms with E-state index in [-0.39, 0.29) is 17.3 Å². The van der Waals surface area contributed by atoms with E-state index in [2.05, 4.69) is 25.6 Å². The zero-order valence-electron chi connectivity index (χ0n) is 11.8. The third-order valence-electron chi connectivity index (χ3n) is 2.97. The zero-order chi connectivity index (χ0) is 16.1. The lowest BCUT2D eigenvalue weighted by atomic mass is 10.2. The summed E-state index contributed by atoms with van der Waals surface area (Å²) in [6.45, 7) is 0.426. The van der Waals surface area contributed by atoms with Gasteiger partial charge in [-0.25, -0.2) is 15.0 Å². The number of nitrogens with one attached hydrogen (secondary N) is 2. The minimum atomic E-state index is -0.511. The van der Waals surface area contributed by atoms with Crippen molar-refractivity contribution in [3.63, 3.8) is 0 Å². The van der Waals surface area contributed by atoms with Crippen molar-refractivity contribution < 1.29 is 4.92 Å². The summed E-state index contributed by atoms with van der Waals surface area (Å²) in [4.78, 5) is 22.9. The molecule has 23 heavy (non-hydrogen) atoms. The first-order valence-corrected chi connectivity index (χ1v) is 7.55. The molecule has 1 aromatic carbocycles. The van der Waals surface area contributed by atoms with Crippen LogP contribution in [0.4, 0.5) is 22.5 Å². The van der Waals surface area contributed by atoms with Gasteiger partial charge in [0, 0.05) is 18.1 Å². The molecule has 0 amide bonds. The maximum atomic E-state index is 11.4. The van der Waals surface area contributed by atoms with E-state index in [9.17, 15) is 10.1 Å². The largest absolute Gasteiger partial charge is 0.360 e. The second kappa shape index (κ2) is 6.79. The van der Waals surface area contributed by atoms with Crippen LogP contribution in [0.5, 0.6) is 0 Å². The number of benzene rings is 1. The van der Waals surface area contributed by atoms with Crippen LogP contribution in [0, 0.1) is 10.1 Å². The maximum absolute atomic E-state index is 11.4. The molecule has 0 saturated heterocycles. The molecule has 116 valence electrons. The molecule has 0 aliphatic heterocycles. The Bertz CT molecular complexity index is 794. The van der Waals surface area contributed by atoms with Crippen molar-refractivity contribution in [2.75, 3.05) is 10.6 Å². The van der Waals surface area contributed by atoms with Crippen molar-refractivity contribution in [1.82, 2.24) is 15.0 Å². The fourth-order valence-electron chi connectivity index (χ4n) is 1.94. The molecule has 3 aromatic rings. The molecule has 0 bridgehead atoms. The van der Waals surface area contributed by atoms with Gasteiger partial charge in [0.25, 0.3) is 0 Å². The van der Waals surface area contributed by atoms with Crippen LogP contribution in [0.2, 0.25) is 0 Å². The number of nitro groups is 1. The Labute approximate surface area is 135 Å². The highest BCUT2D eigenvalue weighted by Crippen LogP contribution is 2.31. The van der Waals surface area contributed by atoms with E-state index < -0.39 is 4.92 Å². The summed E-state index contributed by atoms with van der Waals surface area (Å²) in [5, 5.41) is 19.5. The SMILES string of the molecule is O=[N+]([O-])c1c(NCc2ccccc2)ncnc1Nc1nccs1. The second-order valence-corrected chi connectivity index (χ2v) is 5.37. The molecule has 0 spiro atoms. The molecule has 2 aromatic heterocycles. The molecule has 0 atom stereocenters. The first-order valence-electron chi connectivity index (χ1n) is 6.68. The minimum absolute atomic E-state index is 0.107. The van der Waals surface area contributed by atoms with Gasteiger partial charge >= 0.3 is 5.69 Å². The average molecular weight is 328 g/mol. The lowest BCUT2D eigenvalue weighted by Crippen LogP contribution is -2.08. The topological polar surface area (TPSA) is 106 Å². The molecule has 0 radical (unpaired) electrons. The van der Waals surface area contributed by atoms with Gasteiger partial charge < -0.3 is 10.6 Å². The van der Waals surface area contributed by atoms with E-state index in [1.807, 2.05) is 30.3 Å². The second-order valence-electron chi connectivity index (χ2n) is 4.48. The zero-order valence-corrected chi connectivity index (χ0v) is 12.7. The van der Waals surface area contributed by atoms with Crippen LogP contribution >= 0.6 is 11.3 Å². The molecule has 3 rings (SSSR count). The monoisotopic (exact) mass is 328 g/mol. The van der Waals surface area contributed by atoms with Crippen molar-refractivity contribution in [3.05, 3.63) is 63.9 Å². The van der Waals surface area contributed by atoms with Crippen LogP contribution < -0.4 is 10.6 Å². The van der Waals surface area contributed by atoms with E-state index in [4.69, 9.17) is 0 Å². The van der Waals surface area contributed by atoms with E-state index in [0.29, 0.717) is 11.7 Å². The van der Waals surface area contributed by atoms with Crippen molar-refractivity contribution >= 4 is 33.8 Å². The minimum Gasteiger partial charge on any atom is -0.360 e. The highest BCUT2D eigenvalue weighted by Gasteiger charge is 2.23. The Morgan fingerprint density at radius 1 is 1.13 bits per heavy atom. The van der Waals surface area contributed by atoms with Gasteiger partial charge in [-0.2, -0.15) is 0 Å². The van der Waals surface area contributed by atoms with Crippen molar-refractivity contribution in [2.45, 2.75) is 6.54 Å². The number of hydrogen-bond donors (Lipinski definition) is 2. The summed E-state index contributed by atoms with van der Waals surface area (Å²) in [6.07, 6.45) is 2.88. The van der Waals surface area contributed by atoms with Crippen LogP contribution in [-0.2, 0) is 6.54 Å². The molecule has 0 saturated carbocycles. The number of rotatable bonds is 6. The molecule has 9 heteroatoms. The number of hydrogen-bond acceptors (Lipinski definition) is 8. The van der Waals surface area contributed by atoms with E-state index >= 15 is 0 Å². The van der Waals surface area contributed by atoms with Gasteiger partial charge in [-0.05, 0) is 5.56 Å². The van der Waals surface area contributed by atoms with Crippen molar-refractivity contribution in [1.29, 1.82) is 0 Å². The van der Waals surface area contributed by atoms with Crippen molar-refractivity contribution in [2.24, 2.45) is 0 Å². The molecular weight excluding hydrogens is 316 g/mol. The third kappa shape index (κ3) is 3.58. The smallest absolute Gasteiger partial charge is 0.353 e. The van der Waals surface area contributed by atoms with Gasteiger partial charge in [-0.1, -0.05) is 30.3 Å². The van der Waals surface area contributed by atoms with E-state index in [1.165, 1.54) is 17.7 Å². The Kier molecular flexibility index (Phi) is 4.39. The molecule has 0 fully saturated rings. The summed E-state index contributed by atoms with van der Waals surface area (Å²) < 4.78 is 0. The predicted molar refractivity (Wildman–Crippen MR) is 87.9 cm³/mol. The lowest BCUT2D eigenvalue weighted by molar-refractivity contribution is -0.383. The summed E-state index contributed by atoms with van der Waals surface area (Å²) in [6, 6.07) is 9.57. The highest BCUT2D eigenvalue weighted by atomic mass is 32.1. The fraction of sp³-hybridized carbons (Fsp3) is 0.0714. The molecule has 0 aliphatic carbocycles. The van der Waals surface area contributed by atoms with Crippen LogP contribution in [0.3, 0.4) is 0 Å². The Morgan fingerprint density at radius 3 is 2.61 bits per heavy atom. The Morgan fingerprint density at radius 2 is 1.91 bits per heavy atom. The van der Waals surface area contributed by atoms with Crippen LogP contribution in [0.1, 0.15) is 5.56 Å². The number of thiazole rings is 1. The van der Waals surface area contributed by atoms with E-state index in [1.54, 1.807) is 11.6 Å². The number of aromatic nitrogens is 3. The van der Waals surface area contributed by atoms with E-state index in [0.717, 1.165) is 5.56 Å². The van der Waals surface area contributed by atoms with Crippen LogP contribution in [0.25, 0.3) is 0 Å². The Hall–Kier alpha value is -3.07. The Balaban J connectivity index is 1.86. The quantitative estimate of drug-likeness (QED) is 0.528. The van der Waals surface area contributed by atoms with Gasteiger partial charge in [0.2, 0.25) is 11.6 Å². The van der Waals surface area contributed by atoms with Gasteiger partial charge in [-0.15, -0.1) is 11.3 Å². The maximum Gasteiger partial charge on any atom is 0.353 e. The van der Waals surface area contributed by atoms with Gasteiger partial charge in [0.15, 0.2) is 5.13 Å². The number of anilines is 3. The molecule has 0 unspecified atom stereocenters. The first-order chi connectivity index (χ1) is 11.2. The third-order valence-corrected chi connectivity index (χ3v) is 3.65. The average Bonchev–Trinajstić information content (AvgIpc) is 3.06. The van der Waals surface area contributed by atoms with Crippen molar-refractivity contribution in [3.8, 4) is 0 Å². The summed E-state index contributed by atoms with van der Waals surface area (Å²) in [5.41, 5.74) is 0.786. The normalized spacial score (nSPS) is 10.3. The van der Waals surface area contributed by atoms with Crippen LogP contribution in [0.15, 0.2) is 48.2 Å². The van der Waals surface area contributed by atoms with Crippen LogP contribution in [-0.4, -0.2) is 19.9 Å². The molecular formula is C14H12N6O2S. The predicted octanol–water partition coefficient (Wildman–Crippen LogP) is 3.20. The molecule has 0 aliphatic rings. The number of nitrogens with zero attached hydrogens (tertiary/aromatic N) is 4. The van der Waals surface area contributed by atoms with Gasteiger partial charge in [-0.3, -0.25) is 10.1 Å². The van der Waals surface area contributed by atoms with Gasteiger partial charge in [0.05, 0.1) is 4.92 Å². The summed E-state index contributed by atoms with van der Waals surface area (Å²) in [7, 11) is 0. The summed E-state index contributed by atoms with van der Waals surface area (Å²) in [5.74, 6) is 0.267. The summed E-state index contributed by atoms with van der Waals surface area (Å²) >= 11 is 1.33. The molecule has 2 N–H and O–H groups in total. The fourth-order valence-corrected chi connectivity index (χ4v) is 2.47. The molecule has 8 nitrogen and oxygen atoms in total.